The maximum absolute atomic E-state index is 9.10. The van der Waals surface area contributed by atoms with Gasteiger partial charge in [0.15, 0.2) is 0 Å². The van der Waals surface area contributed by atoms with Gasteiger partial charge in [0.1, 0.15) is 0 Å². The van der Waals surface area contributed by atoms with E-state index >= 15 is 0 Å². The third kappa shape index (κ3) is 2.27. The lowest BCUT2D eigenvalue weighted by Gasteiger charge is -2.41. The molecule has 3 rings (SSSR count). The lowest BCUT2D eigenvalue weighted by Crippen LogP contribution is -2.47. The van der Waals surface area contributed by atoms with E-state index in [1.807, 2.05) is 18.2 Å². The maximum Gasteiger partial charge on any atom is 0.0994 e. The molecule has 18 heavy (non-hydrogen) atoms. The van der Waals surface area contributed by atoms with Gasteiger partial charge in [-0.25, -0.2) is 0 Å². The van der Waals surface area contributed by atoms with Crippen LogP contribution in [-0.4, -0.2) is 37.7 Å². The molecule has 0 saturated carbocycles. The second-order valence-corrected chi connectivity index (χ2v) is 5.34. The molecule has 0 N–H and O–H groups in total. The first-order valence-corrected chi connectivity index (χ1v) is 6.66. The fourth-order valence-corrected chi connectivity index (χ4v) is 2.96. The smallest absolute Gasteiger partial charge is 0.0994 e. The van der Waals surface area contributed by atoms with Crippen molar-refractivity contribution in [2.75, 3.05) is 32.8 Å². The van der Waals surface area contributed by atoms with Crippen LogP contribution in [0, 0.1) is 17.2 Å². The zero-order valence-corrected chi connectivity index (χ0v) is 10.5. The van der Waals surface area contributed by atoms with Gasteiger partial charge >= 0.3 is 0 Å². The van der Waals surface area contributed by atoms with E-state index in [2.05, 4.69) is 17.0 Å². The minimum Gasteiger partial charge on any atom is -0.381 e. The number of ether oxygens (including phenoxy) is 1. The van der Waals surface area contributed by atoms with Crippen molar-refractivity contribution in [1.29, 1.82) is 5.26 Å². The van der Waals surface area contributed by atoms with E-state index in [0.717, 1.165) is 44.3 Å². The fourth-order valence-electron chi connectivity index (χ4n) is 2.96. The number of likely N-dealkylation sites (tertiary alicyclic amines) is 1. The molecule has 0 amide bonds. The number of hydrogen-bond donors (Lipinski definition) is 0. The van der Waals surface area contributed by atoms with Crippen LogP contribution in [0.15, 0.2) is 24.3 Å². The van der Waals surface area contributed by atoms with Crippen LogP contribution in [0.3, 0.4) is 0 Å². The summed E-state index contributed by atoms with van der Waals surface area (Å²) < 4.78 is 5.40. The Kier molecular flexibility index (Phi) is 3.31. The Bertz CT molecular complexity index is 454. The molecule has 1 atom stereocenters. The Morgan fingerprint density at radius 1 is 1.33 bits per heavy atom. The van der Waals surface area contributed by atoms with Crippen molar-refractivity contribution in [3.05, 3.63) is 35.4 Å². The highest BCUT2D eigenvalue weighted by molar-refractivity contribution is 5.40. The van der Waals surface area contributed by atoms with Gasteiger partial charge in [-0.05, 0) is 24.0 Å². The average molecular weight is 242 g/mol. The average Bonchev–Trinajstić information content (AvgIpc) is 2.86. The van der Waals surface area contributed by atoms with Gasteiger partial charge in [0.05, 0.1) is 18.2 Å². The topological polar surface area (TPSA) is 36.3 Å². The molecule has 94 valence electrons. The van der Waals surface area contributed by atoms with Gasteiger partial charge < -0.3 is 9.64 Å². The van der Waals surface area contributed by atoms with E-state index in [1.54, 1.807) is 0 Å². The van der Waals surface area contributed by atoms with Crippen LogP contribution >= 0.6 is 0 Å². The molecule has 2 fully saturated rings. The molecule has 3 nitrogen and oxygen atoms in total. The first kappa shape index (κ1) is 11.7. The third-order valence-electron chi connectivity index (χ3n) is 4.02. The summed E-state index contributed by atoms with van der Waals surface area (Å²) in [6.45, 7) is 5.20. The van der Waals surface area contributed by atoms with Crippen molar-refractivity contribution in [1.82, 2.24) is 4.90 Å². The van der Waals surface area contributed by atoms with Crippen LogP contribution in [0.2, 0.25) is 0 Å². The molecule has 1 unspecified atom stereocenters. The van der Waals surface area contributed by atoms with Crippen LogP contribution in [0.4, 0.5) is 0 Å². The highest BCUT2D eigenvalue weighted by Gasteiger charge is 2.31. The standard InChI is InChI=1S/C15H18N2O/c16-7-13-3-1-2-4-15(13)14-9-17(10-14)8-12-5-6-18-11-12/h1-4,12,14H,5-6,8-11H2. The van der Waals surface area contributed by atoms with E-state index in [9.17, 15) is 0 Å². The van der Waals surface area contributed by atoms with Gasteiger partial charge in [-0.15, -0.1) is 0 Å². The summed E-state index contributed by atoms with van der Waals surface area (Å²) >= 11 is 0. The van der Waals surface area contributed by atoms with Crippen molar-refractivity contribution < 1.29 is 4.74 Å². The number of nitrogens with zero attached hydrogens (tertiary/aromatic N) is 2. The summed E-state index contributed by atoms with van der Waals surface area (Å²) in [5, 5.41) is 9.10. The number of rotatable bonds is 3. The summed E-state index contributed by atoms with van der Waals surface area (Å²) in [7, 11) is 0. The van der Waals surface area contributed by atoms with Crippen molar-refractivity contribution in [2.24, 2.45) is 5.92 Å². The molecule has 2 aliphatic rings. The van der Waals surface area contributed by atoms with Crippen LogP contribution in [0.1, 0.15) is 23.5 Å². The van der Waals surface area contributed by atoms with Crippen molar-refractivity contribution in [3.8, 4) is 6.07 Å². The lowest BCUT2D eigenvalue weighted by molar-refractivity contribution is 0.112. The summed E-state index contributed by atoms with van der Waals surface area (Å²) in [6.07, 6.45) is 1.20. The molecule has 1 aromatic rings. The molecule has 1 aromatic carbocycles. The highest BCUT2D eigenvalue weighted by atomic mass is 16.5. The molecular formula is C15H18N2O. The first-order valence-electron chi connectivity index (χ1n) is 6.66. The van der Waals surface area contributed by atoms with E-state index in [-0.39, 0.29) is 0 Å². The molecule has 2 aliphatic heterocycles. The Morgan fingerprint density at radius 3 is 2.89 bits per heavy atom. The Labute approximate surface area is 108 Å². The Hall–Kier alpha value is -1.37. The minimum atomic E-state index is 0.545. The number of hydrogen-bond acceptors (Lipinski definition) is 3. The summed E-state index contributed by atoms with van der Waals surface area (Å²) in [5.41, 5.74) is 2.06. The van der Waals surface area contributed by atoms with Gasteiger partial charge in [-0.2, -0.15) is 5.26 Å². The Morgan fingerprint density at radius 2 is 2.17 bits per heavy atom. The molecule has 2 saturated heterocycles. The highest BCUT2D eigenvalue weighted by Crippen LogP contribution is 2.30. The maximum atomic E-state index is 9.10. The number of nitriles is 1. The van der Waals surface area contributed by atoms with Crippen molar-refractivity contribution >= 4 is 0 Å². The largest absolute Gasteiger partial charge is 0.381 e. The molecule has 0 spiro atoms. The van der Waals surface area contributed by atoms with Gasteiger partial charge in [0.25, 0.3) is 0 Å². The lowest BCUT2D eigenvalue weighted by atomic mass is 9.87. The zero-order valence-electron chi connectivity index (χ0n) is 10.5. The van der Waals surface area contributed by atoms with Crippen LogP contribution < -0.4 is 0 Å². The summed E-state index contributed by atoms with van der Waals surface area (Å²) in [4.78, 5) is 2.48. The molecular weight excluding hydrogens is 224 g/mol. The monoisotopic (exact) mass is 242 g/mol. The van der Waals surface area contributed by atoms with Crippen LogP contribution in [-0.2, 0) is 4.74 Å². The molecule has 3 heteroatoms. The predicted molar refractivity (Wildman–Crippen MR) is 69.3 cm³/mol. The molecule has 0 aliphatic carbocycles. The minimum absolute atomic E-state index is 0.545. The molecule has 0 bridgehead atoms. The van der Waals surface area contributed by atoms with Gasteiger partial charge in [-0.3, -0.25) is 0 Å². The zero-order chi connectivity index (χ0) is 12.4. The van der Waals surface area contributed by atoms with E-state index in [0.29, 0.717) is 5.92 Å². The number of benzene rings is 1. The third-order valence-corrected chi connectivity index (χ3v) is 4.02. The fraction of sp³-hybridized carbons (Fsp3) is 0.533. The normalized spacial score (nSPS) is 24.7. The van der Waals surface area contributed by atoms with Gasteiger partial charge in [-0.1, -0.05) is 18.2 Å². The predicted octanol–water partition coefficient (Wildman–Crippen LogP) is 1.99. The second-order valence-electron chi connectivity index (χ2n) is 5.34. The summed E-state index contributed by atoms with van der Waals surface area (Å²) in [6, 6.07) is 10.3. The second kappa shape index (κ2) is 5.09. The first-order chi connectivity index (χ1) is 8.86. The quantitative estimate of drug-likeness (QED) is 0.813. The van der Waals surface area contributed by atoms with E-state index in [4.69, 9.17) is 10.00 Å². The van der Waals surface area contributed by atoms with E-state index < -0.39 is 0 Å². The van der Waals surface area contributed by atoms with E-state index in [1.165, 1.54) is 12.0 Å². The molecule has 2 heterocycles. The molecule has 0 radical (unpaired) electrons. The SMILES string of the molecule is N#Cc1ccccc1C1CN(CC2CCOC2)C1. The van der Waals surface area contributed by atoms with Crippen molar-refractivity contribution in [3.63, 3.8) is 0 Å². The van der Waals surface area contributed by atoms with Gasteiger partial charge in [0.2, 0.25) is 0 Å². The van der Waals surface area contributed by atoms with Crippen molar-refractivity contribution in [2.45, 2.75) is 12.3 Å². The summed E-state index contributed by atoms with van der Waals surface area (Å²) in [5.74, 6) is 1.26. The van der Waals surface area contributed by atoms with Gasteiger partial charge in [0, 0.05) is 32.2 Å². The Balaban J connectivity index is 1.56. The van der Waals surface area contributed by atoms with Crippen LogP contribution in [0.25, 0.3) is 0 Å². The molecule has 0 aromatic heterocycles. The van der Waals surface area contributed by atoms with Crippen LogP contribution in [0.5, 0.6) is 0 Å².